The molecule has 0 spiro atoms. The molecular formula is C14H30N2O. The fourth-order valence-corrected chi connectivity index (χ4v) is 2.08. The zero-order valence-corrected chi connectivity index (χ0v) is 11.8. The molecule has 4 N–H and O–H groups in total. The Labute approximate surface area is 106 Å². The number of carbonyl (C=O) groups is 1. The summed E-state index contributed by atoms with van der Waals surface area (Å²) in [5.74, 6) is 0.105. The Morgan fingerprint density at radius 1 is 1.12 bits per heavy atom. The highest BCUT2D eigenvalue weighted by molar-refractivity contribution is 5.89. The lowest BCUT2D eigenvalue weighted by atomic mass is 9.80. The quantitative estimate of drug-likeness (QED) is 0.579. The molecule has 0 heterocycles. The van der Waals surface area contributed by atoms with Gasteiger partial charge >= 0.3 is 0 Å². The molecule has 1 unspecified atom stereocenters. The van der Waals surface area contributed by atoms with Gasteiger partial charge in [0, 0.05) is 12.0 Å². The SMILES string of the molecule is CCCCCCCCC(C)(C)C(=O)C(N)CN. The van der Waals surface area contributed by atoms with E-state index in [9.17, 15) is 4.79 Å². The Balaban J connectivity index is 3.81. The maximum absolute atomic E-state index is 12.0. The van der Waals surface area contributed by atoms with E-state index in [4.69, 9.17) is 11.5 Å². The van der Waals surface area contributed by atoms with E-state index in [0.29, 0.717) is 0 Å². The zero-order valence-electron chi connectivity index (χ0n) is 11.8. The number of carbonyl (C=O) groups excluding carboxylic acids is 1. The molecule has 0 bridgehead atoms. The molecule has 0 aromatic rings. The van der Waals surface area contributed by atoms with Gasteiger partial charge in [-0.15, -0.1) is 0 Å². The summed E-state index contributed by atoms with van der Waals surface area (Å²) in [7, 11) is 0. The normalized spacial score (nSPS) is 13.7. The molecule has 102 valence electrons. The molecule has 0 aliphatic rings. The van der Waals surface area contributed by atoms with Crippen molar-refractivity contribution >= 4 is 5.78 Å². The number of hydrogen-bond acceptors (Lipinski definition) is 3. The van der Waals surface area contributed by atoms with E-state index in [1.165, 1.54) is 32.1 Å². The lowest BCUT2D eigenvalue weighted by Gasteiger charge is -2.25. The van der Waals surface area contributed by atoms with E-state index in [1.807, 2.05) is 13.8 Å². The predicted octanol–water partition coefficient (Wildman–Crippen LogP) is 2.62. The first kappa shape index (κ1) is 16.6. The monoisotopic (exact) mass is 242 g/mol. The van der Waals surface area contributed by atoms with Gasteiger partial charge in [-0.05, 0) is 6.42 Å². The number of ketones is 1. The third kappa shape index (κ3) is 6.79. The summed E-state index contributed by atoms with van der Waals surface area (Å²) in [5.41, 5.74) is 10.8. The van der Waals surface area contributed by atoms with Gasteiger partial charge in [-0.25, -0.2) is 0 Å². The molecule has 17 heavy (non-hydrogen) atoms. The van der Waals surface area contributed by atoms with E-state index >= 15 is 0 Å². The van der Waals surface area contributed by atoms with Gasteiger partial charge in [0.05, 0.1) is 6.04 Å². The van der Waals surface area contributed by atoms with E-state index in [0.717, 1.165) is 12.8 Å². The molecule has 0 saturated carbocycles. The van der Waals surface area contributed by atoms with E-state index in [-0.39, 0.29) is 17.7 Å². The first-order valence-corrected chi connectivity index (χ1v) is 6.95. The van der Waals surface area contributed by atoms with Crippen LogP contribution in [0.15, 0.2) is 0 Å². The van der Waals surface area contributed by atoms with Crippen molar-refractivity contribution < 1.29 is 4.79 Å². The molecule has 0 radical (unpaired) electrons. The maximum atomic E-state index is 12.0. The van der Waals surface area contributed by atoms with Crippen LogP contribution < -0.4 is 11.5 Å². The van der Waals surface area contributed by atoms with Crippen LogP contribution in [0.4, 0.5) is 0 Å². The van der Waals surface area contributed by atoms with Crippen LogP contribution in [0.1, 0.15) is 65.7 Å². The van der Waals surface area contributed by atoms with Gasteiger partial charge in [-0.2, -0.15) is 0 Å². The summed E-state index contributed by atoms with van der Waals surface area (Å²) >= 11 is 0. The predicted molar refractivity (Wildman–Crippen MR) is 73.8 cm³/mol. The van der Waals surface area contributed by atoms with Crippen molar-refractivity contribution in [1.82, 2.24) is 0 Å². The third-order valence-corrected chi connectivity index (χ3v) is 3.41. The minimum atomic E-state index is -0.495. The minimum absolute atomic E-state index is 0.105. The van der Waals surface area contributed by atoms with E-state index < -0.39 is 6.04 Å². The highest BCUT2D eigenvalue weighted by Gasteiger charge is 2.30. The van der Waals surface area contributed by atoms with E-state index in [1.54, 1.807) is 0 Å². The molecular weight excluding hydrogens is 212 g/mol. The summed E-state index contributed by atoms with van der Waals surface area (Å²) in [6.45, 7) is 6.43. The number of nitrogens with two attached hydrogens (primary N) is 2. The minimum Gasteiger partial charge on any atom is -0.328 e. The van der Waals surface area contributed by atoms with E-state index in [2.05, 4.69) is 6.92 Å². The molecule has 1 atom stereocenters. The molecule has 0 amide bonds. The Bertz CT molecular complexity index is 214. The van der Waals surface area contributed by atoms with Crippen molar-refractivity contribution in [3.05, 3.63) is 0 Å². The van der Waals surface area contributed by atoms with Crippen molar-refractivity contribution in [2.45, 2.75) is 71.8 Å². The van der Waals surface area contributed by atoms with Crippen LogP contribution >= 0.6 is 0 Å². The topological polar surface area (TPSA) is 69.1 Å². The lowest BCUT2D eigenvalue weighted by molar-refractivity contribution is -0.128. The second-order valence-electron chi connectivity index (χ2n) is 5.61. The molecule has 0 aromatic carbocycles. The summed E-state index contributed by atoms with van der Waals surface area (Å²) in [5, 5.41) is 0. The lowest BCUT2D eigenvalue weighted by Crippen LogP contribution is -2.45. The maximum Gasteiger partial charge on any atom is 0.156 e. The summed E-state index contributed by atoms with van der Waals surface area (Å²) in [4.78, 5) is 12.0. The van der Waals surface area contributed by atoms with Gasteiger partial charge in [0.1, 0.15) is 0 Å². The average Bonchev–Trinajstić information content (AvgIpc) is 2.31. The van der Waals surface area contributed by atoms with Gasteiger partial charge < -0.3 is 11.5 Å². The summed E-state index contributed by atoms with van der Waals surface area (Å²) < 4.78 is 0. The number of Topliss-reactive ketones (excluding diaryl/α,β-unsaturated/α-hetero) is 1. The standard InChI is InChI=1S/C14H30N2O/c1-4-5-6-7-8-9-10-14(2,3)13(17)12(16)11-15/h12H,4-11,15-16H2,1-3H3. The first-order chi connectivity index (χ1) is 7.95. The van der Waals surface area contributed by atoms with Crippen LogP contribution in [0.25, 0.3) is 0 Å². The Morgan fingerprint density at radius 2 is 1.65 bits per heavy atom. The van der Waals surface area contributed by atoms with Gasteiger partial charge in [0.2, 0.25) is 0 Å². The van der Waals surface area contributed by atoms with Gasteiger partial charge in [0.25, 0.3) is 0 Å². The Morgan fingerprint density at radius 3 is 2.18 bits per heavy atom. The summed E-state index contributed by atoms with van der Waals surface area (Å²) in [6.07, 6.45) is 8.43. The van der Waals surface area contributed by atoms with Crippen molar-refractivity contribution in [2.24, 2.45) is 16.9 Å². The number of hydrogen-bond donors (Lipinski definition) is 2. The molecule has 0 aromatic heterocycles. The van der Waals surface area contributed by atoms with Crippen LogP contribution in [0.3, 0.4) is 0 Å². The van der Waals surface area contributed by atoms with Crippen LogP contribution in [0.5, 0.6) is 0 Å². The molecule has 3 heteroatoms. The van der Waals surface area contributed by atoms with Crippen LogP contribution in [0.2, 0.25) is 0 Å². The van der Waals surface area contributed by atoms with Crippen molar-refractivity contribution in [2.75, 3.05) is 6.54 Å². The molecule has 0 aliphatic heterocycles. The third-order valence-electron chi connectivity index (χ3n) is 3.41. The van der Waals surface area contributed by atoms with Crippen molar-refractivity contribution in [3.8, 4) is 0 Å². The fourth-order valence-electron chi connectivity index (χ4n) is 2.08. The second-order valence-corrected chi connectivity index (χ2v) is 5.61. The smallest absolute Gasteiger partial charge is 0.156 e. The molecule has 0 saturated heterocycles. The Hall–Kier alpha value is -0.410. The van der Waals surface area contributed by atoms with Crippen LogP contribution in [0, 0.1) is 5.41 Å². The second kappa shape index (κ2) is 8.65. The highest BCUT2D eigenvalue weighted by Crippen LogP contribution is 2.26. The number of unbranched alkanes of at least 4 members (excludes halogenated alkanes) is 5. The highest BCUT2D eigenvalue weighted by atomic mass is 16.1. The van der Waals surface area contributed by atoms with Gasteiger partial charge in [-0.1, -0.05) is 59.3 Å². The first-order valence-electron chi connectivity index (χ1n) is 6.95. The van der Waals surface area contributed by atoms with Crippen LogP contribution in [-0.2, 0) is 4.79 Å². The number of rotatable bonds is 10. The Kier molecular flexibility index (Phi) is 8.44. The molecule has 0 aliphatic carbocycles. The zero-order chi connectivity index (χ0) is 13.3. The molecule has 0 rings (SSSR count). The fraction of sp³-hybridized carbons (Fsp3) is 0.929. The molecule has 0 fully saturated rings. The summed E-state index contributed by atoms with van der Waals surface area (Å²) in [6, 6.07) is -0.495. The molecule has 3 nitrogen and oxygen atoms in total. The van der Waals surface area contributed by atoms with Gasteiger partial charge in [0.15, 0.2) is 5.78 Å². The van der Waals surface area contributed by atoms with Crippen molar-refractivity contribution in [3.63, 3.8) is 0 Å². The van der Waals surface area contributed by atoms with Gasteiger partial charge in [-0.3, -0.25) is 4.79 Å². The average molecular weight is 242 g/mol. The largest absolute Gasteiger partial charge is 0.328 e. The van der Waals surface area contributed by atoms with Crippen LogP contribution in [-0.4, -0.2) is 18.4 Å². The van der Waals surface area contributed by atoms with Crippen molar-refractivity contribution in [1.29, 1.82) is 0 Å².